The molecule has 2 rings (SSSR count). The van der Waals surface area contributed by atoms with Crippen LogP contribution in [-0.2, 0) is 4.79 Å². The van der Waals surface area contributed by atoms with Crippen LogP contribution in [0.3, 0.4) is 0 Å². The number of piperidine rings is 1. The van der Waals surface area contributed by atoms with Crippen molar-refractivity contribution >= 4 is 34.8 Å². The van der Waals surface area contributed by atoms with Crippen molar-refractivity contribution in [1.82, 2.24) is 4.90 Å². The van der Waals surface area contributed by atoms with Gasteiger partial charge in [-0.2, -0.15) is 0 Å². The second kappa shape index (κ2) is 7.90. The van der Waals surface area contributed by atoms with Gasteiger partial charge in [-0.3, -0.25) is 4.79 Å². The number of nitrogens with one attached hydrogen (secondary N) is 1. The summed E-state index contributed by atoms with van der Waals surface area (Å²) in [5.41, 5.74) is 0.853. The zero-order chi connectivity index (χ0) is 15.2. The Kier molecular flexibility index (Phi) is 6.19. The van der Waals surface area contributed by atoms with Crippen molar-refractivity contribution in [2.75, 3.05) is 18.4 Å². The number of anilines is 1. The maximum absolute atomic E-state index is 12.3. The fourth-order valence-corrected chi connectivity index (χ4v) is 3.39. The standard InChI is InChI=1S/C16H22Cl2N2O/c1-2-15-5-3-4-8-20(15)16(21)6-7-19-14-10-12(17)9-13(18)11-14/h9-11,15,19H,2-8H2,1H3. The number of amides is 1. The molecule has 5 heteroatoms. The number of halogens is 2. The van der Waals surface area contributed by atoms with E-state index in [9.17, 15) is 4.79 Å². The fourth-order valence-electron chi connectivity index (χ4n) is 2.87. The van der Waals surface area contributed by atoms with E-state index in [4.69, 9.17) is 23.2 Å². The molecule has 0 saturated carbocycles. The highest BCUT2D eigenvalue weighted by molar-refractivity contribution is 6.35. The molecule has 1 aromatic rings. The summed E-state index contributed by atoms with van der Waals surface area (Å²) < 4.78 is 0. The Morgan fingerprint density at radius 2 is 2.00 bits per heavy atom. The number of nitrogens with zero attached hydrogens (tertiary/aromatic N) is 1. The lowest BCUT2D eigenvalue weighted by atomic mass is 9.99. The number of hydrogen-bond acceptors (Lipinski definition) is 2. The first kappa shape index (κ1) is 16.4. The maximum atomic E-state index is 12.3. The highest BCUT2D eigenvalue weighted by atomic mass is 35.5. The van der Waals surface area contributed by atoms with Gasteiger partial charge in [0, 0.05) is 41.3 Å². The van der Waals surface area contributed by atoms with Crippen LogP contribution in [0.5, 0.6) is 0 Å². The first-order valence-electron chi connectivity index (χ1n) is 7.59. The van der Waals surface area contributed by atoms with Crippen LogP contribution in [0.4, 0.5) is 5.69 Å². The van der Waals surface area contributed by atoms with Gasteiger partial charge in [0.15, 0.2) is 0 Å². The van der Waals surface area contributed by atoms with Crippen LogP contribution in [0.15, 0.2) is 18.2 Å². The van der Waals surface area contributed by atoms with E-state index in [-0.39, 0.29) is 5.91 Å². The Labute approximate surface area is 136 Å². The average molecular weight is 329 g/mol. The molecule has 1 fully saturated rings. The van der Waals surface area contributed by atoms with Crippen LogP contribution in [0.2, 0.25) is 10.0 Å². The highest BCUT2D eigenvalue weighted by Crippen LogP contribution is 2.23. The average Bonchev–Trinajstić information content (AvgIpc) is 2.46. The topological polar surface area (TPSA) is 32.3 Å². The summed E-state index contributed by atoms with van der Waals surface area (Å²) in [5, 5.41) is 4.40. The van der Waals surface area contributed by atoms with Crippen LogP contribution in [0.25, 0.3) is 0 Å². The molecule has 0 bridgehead atoms. The molecule has 116 valence electrons. The van der Waals surface area contributed by atoms with E-state index in [1.165, 1.54) is 6.42 Å². The number of carbonyl (C=O) groups is 1. The number of benzene rings is 1. The van der Waals surface area contributed by atoms with Crippen molar-refractivity contribution in [3.63, 3.8) is 0 Å². The molecule has 1 aromatic carbocycles. The van der Waals surface area contributed by atoms with Gasteiger partial charge in [-0.1, -0.05) is 30.1 Å². The first-order valence-corrected chi connectivity index (χ1v) is 8.35. The van der Waals surface area contributed by atoms with E-state index in [0.717, 1.165) is 31.5 Å². The molecule has 1 amide bonds. The van der Waals surface area contributed by atoms with E-state index in [1.54, 1.807) is 6.07 Å². The van der Waals surface area contributed by atoms with Gasteiger partial charge in [-0.25, -0.2) is 0 Å². The summed E-state index contributed by atoms with van der Waals surface area (Å²) in [6, 6.07) is 5.74. The molecule has 1 N–H and O–H groups in total. The quantitative estimate of drug-likeness (QED) is 0.857. The minimum Gasteiger partial charge on any atom is -0.384 e. The van der Waals surface area contributed by atoms with Crippen molar-refractivity contribution < 1.29 is 4.79 Å². The van der Waals surface area contributed by atoms with Gasteiger partial charge in [0.25, 0.3) is 0 Å². The second-order valence-corrected chi connectivity index (χ2v) is 6.35. The molecule has 0 aromatic heterocycles. The third kappa shape index (κ3) is 4.79. The van der Waals surface area contributed by atoms with Crippen molar-refractivity contribution in [3.8, 4) is 0 Å². The predicted octanol–water partition coefficient (Wildman–Crippen LogP) is 4.59. The summed E-state index contributed by atoms with van der Waals surface area (Å²) in [4.78, 5) is 14.4. The molecule has 3 nitrogen and oxygen atoms in total. The monoisotopic (exact) mass is 328 g/mol. The van der Waals surface area contributed by atoms with E-state index in [2.05, 4.69) is 17.1 Å². The molecule has 0 radical (unpaired) electrons. The predicted molar refractivity (Wildman–Crippen MR) is 89.2 cm³/mol. The van der Waals surface area contributed by atoms with E-state index in [0.29, 0.717) is 29.1 Å². The second-order valence-electron chi connectivity index (χ2n) is 5.48. The molecule has 0 aliphatic carbocycles. The number of rotatable bonds is 5. The van der Waals surface area contributed by atoms with Gasteiger partial charge in [-0.05, 0) is 43.9 Å². The van der Waals surface area contributed by atoms with E-state index < -0.39 is 0 Å². The van der Waals surface area contributed by atoms with Crippen LogP contribution in [-0.4, -0.2) is 29.9 Å². The summed E-state index contributed by atoms with van der Waals surface area (Å²) in [6.07, 6.45) is 5.05. The normalized spacial score (nSPS) is 18.6. The molecule has 1 heterocycles. The number of carbonyl (C=O) groups excluding carboxylic acids is 1. The van der Waals surface area contributed by atoms with Gasteiger partial charge >= 0.3 is 0 Å². The molecule has 1 aliphatic heterocycles. The smallest absolute Gasteiger partial charge is 0.224 e. The molecule has 0 spiro atoms. The molecule has 1 saturated heterocycles. The summed E-state index contributed by atoms with van der Waals surface area (Å²) in [5.74, 6) is 0.238. The lowest BCUT2D eigenvalue weighted by Gasteiger charge is -2.35. The Hall–Kier alpha value is -0.930. The van der Waals surface area contributed by atoms with E-state index in [1.807, 2.05) is 12.1 Å². The minimum atomic E-state index is 0.238. The van der Waals surface area contributed by atoms with Crippen LogP contribution >= 0.6 is 23.2 Å². The Morgan fingerprint density at radius 1 is 1.29 bits per heavy atom. The van der Waals surface area contributed by atoms with Crippen LogP contribution in [0.1, 0.15) is 39.0 Å². The van der Waals surface area contributed by atoms with Gasteiger partial charge in [-0.15, -0.1) is 0 Å². The van der Waals surface area contributed by atoms with Crippen molar-refractivity contribution in [3.05, 3.63) is 28.2 Å². The Morgan fingerprint density at radius 3 is 2.67 bits per heavy atom. The Bertz CT molecular complexity index is 473. The third-order valence-electron chi connectivity index (χ3n) is 3.95. The molecule has 21 heavy (non-hydrogen) atoms. The molecule has 1 aliphatic rings. The first-order chi connectivity index (χ1) is 10.1. The molecular formula is C16H22Cl2N2O. The fraction of sp³-hybridized carbons (Fsp3) is 0.562. The van der Waals surface area contributed by atoms with Crippen molar-refractivity contribution in [2.45, 2.75) is 45.1 Å². The summed E-state index contributed by atoms with van der Waals surface area (Å²) in [7, 11) is 0. The van der Waals surface area contributed by atoms with Gasteiger partial charge < -0.3 is 10.2 Å². The van der Waals surface area contributed by atoms with E-state index >= 15 is 0 Å². The molecule has 1 unspecified atom stereocenters. The summed E-state index contributed by atoms with van der Waals surface area (Å²) >= 11 is 11.9. The highest BCUT2D eigenvalue weighted by Gasteiger charge is 2.24. The minimum absolute atomic E-state index is 0.238. The van der Waals surface area contributed by atoms with Gasteiger partial charge in [0.2, 0.25) is 5.91 Å². The number of likely N-dealkylation sites (tertiary alicyclic amines) is 1. The maximum Gasteiger partial charge on any atom is 0.224 e. The number of hydrogen-bond donors (Lipinski definition) is 1. The van der Waals surface area contributed by atoms with Crippen LogP contribution < -0.4 is 5.32 Å². The van der Waals surface area contributed by atoms with Gasteiger partial charge in [0.1, 0.15) is 0 Å². The summed E-state index contributed by atoms with van der Waals surface area (Å²) in [6.45, 7) is 3.66. The third-order valence-corrected chi connectivity index (χ3v) is 4.39. The van der Waals surface area contributed by atoms with Crippen molar-refractivity contribution in [1.29, 1.82) is 0 Å². The molecule has 1 atom stereocenters. The zero-order valence-corrected chi connectivity index (χ0v) is 13.9. The van der Waals surface area contributed by atoms with Gasteiger partial charge in [0.05, 0.1) is 0 Å². The lowest BCUT2D eigenvalue weighted by molar-refractivity contribution is -0.134. The zero-order valence-electron chi connectivity index (χ0n) is 12.4. The molecular weight excluding hydrogens is 307 g/mol. The largest absolute Gasteiger partial charge is 0.384 e. The Balaban J connectivity index is 1.83. The SMILES string of the molecule is CCC1CCCCN1C(=O)CCNc1cc(Cl)cc(Cl)c1. The van der Waals surface area contributed by atoms with Crippen molar-refractivity contribution in [2.24, 2.45) is 0 Å². The van der Waals surface area contributed by atoms with Crippen LogP contribution in [0, 0.1) is 0 Å². The lowest BCUT2D eigenvalue weighted by Crippen LogP contribution is -2.43.